The minimum Gasteiger partial charge on any atom is -0.347 e. The molecule has 0 saturated carbocycles. The van der Waals surface area contributed by atoms with E-state index in [0.29, 0.717) is 27.9 Å². The third kappa shape index (κ3) is 4.40. The maximum Gasteiger partial charge on any atom is 0.253 e. The SMILES string of the molecule is O=C(NCc1ccc(S(=O)(=O)N2CCCCC2)s1)c1ccc(Cl)cc1Cl. The fraction of sp³-hybridized carbons (Fsp3) is 0.353. The minimum absolute atomic E-state index is 0.234. The second-order valence-corrected chi connectivity index (χ2v) is 10.2. The summed E-state index contributed by atoms with van der Waals surface area (Å²) < 4.78 is 27.2. The molecule has 1 N–H and O–H groups in total. The summed E-state index contributed by atoms with van der Waals surface area (Å²) in [6.45, 7) is 1.38. The van der Waals surface area contributed by atoms with Crippen LogP contribution in [-0.4, -0.2) is 31.7 Å². The number of carbonyl (C=O) groups excluding carboxylic acids is 1. The molecule has 1 saturated heterocycles. The smallest absolute Gasteiger partial charge is 0.253 e. The van der Waals surface area contributed by atoms with Gasteiger partial charge in [0.2, 0.25) is 0 Å². The molecule has 0 bridgehead atoms. The van der Waals surface area contributed by atoms with E-state index < -0.39 is 10.0 Å². The lowest BCUT2D eigenvalue weighted by Crippen LogP contribution is -2.35. The van der Waals surface area contributed by atoms with Crippen LogP contribution in [0.5, 0.6) is 0 Å². The molecule has 0 radical (unpaired) electrons. The fourth-order valence-corrected chi connectivity index (χ4v) is 6.22. The van der Waals surface area contributed by atoms with Crippen molar-refractivity contribution in [1.82, 2.24) is 9.62 Å². The molecular weight excluding hydrogens is 415 g/mol. The molecular formula is C17H18Cl2N2O3S2. The van der Waals surface area contributed by atoms with E-state index in [9.17, 15) is 13.2 Å². The summed E-state index contributed by atoms with van der Waals surface area (Å²) in [5.74, 6) is -0.333. The van der Waals surface area contributed by atoms with Gasteiger partial charge in [-0.1, -0.05) is 29.6 Å². The maximum absolute atomic E-state index is 12.7. The van der Waals surface area contributed by atoms with Crippen LogP contribution in [0.3, 0.4) is 0 Å². The van der Waals surface area contributed by atoms with Gasteiger partial charge in [-0.05, 0) is 43.2 Å². The quantitative estimate of drug-likeness (QED) is 0.770. The van der Waals surface area contributed by atoms with E-state index in [0.717, 1.165) is 24.1 Å². The van der Waals surface area contributed by atoms with Crippen LogP contribution in [0.25, 0.3) is 0 Å². The van der Waals surface area contributed by atoms with Crippen molar-refractivity contribution in [3.63, 3.8) is 0 Å². The molecule has 1 aliphatic heterocycles. The first-order valence-electron chi connectivity index (χ1n) is 8.20. The van der Waals surface area contributed by atoms with E-state index >= 15 is 0 Å². The predicted molar refractivity (Wildman–Crippen MR) is 105 cm³/mol. The largest absolute Gasteiger partial charge is 0.347 e. The summed E-state index contributed by atoms with van der Waals surface area (Å²) in [5, 5.41) is 3.48. The Labute approximate surface area is 167 Å². The Morgan fingerprint density at radius 2 is 1.85 bits per heavy atom. The van der Waals surface area contributed by atoms with Crippen molar-refractivity contribution < 1.29 is 13.2 Å². The lowest BCUT2D eigenvalue weighted by atomic mass is 10.2. The van der Waals surface area contributed by atoms with Gasteiger partial charge in [-0.25, -0.2) is 8.42 Å². The molecule has 1 aromatic carbocycles. The molecule has 0 spiro atoms. The van der Waals surface area contributed by atoms with Gasteiger partial charge in [0.15, 0.2) is 0 Å². The molecule has 0 atom stereocenters. The molecule has 0 unspecified atom stereocenters. The van der Waals surface area contributed by atoms with Crippen molar-refractivity contribution in [3.05, 3.63) is 50.8 Å². The average molecular weight is 433 g/mol. The lowest BCUT2D eigenvalue weighted by molar-refractivity contribution is 0.0951. The van der Waals surface area contributed by atoms with E-state index in [2.05, 4.69) is 5.32 Å². The van der Waals surface area contributed by atoms with Gasteiger partial charge in [-0.15, -0.1) is 11.3 Å². The van der Waals surface area contributed by atoms with Crippen LogP contribution in [0.15, 0.2) is 34.5 Å². The van der Waals surface area contributed by atoms with Crippen LogP contribution in [0, 0.1) is 0 Å². The van der Waals surface area contributed by atoms with Crippen molar-refractivity contribution in [2.75, 3.05) is 13.1 Å². The van der Waals surface area contributed by atoms with Gasteiger partial charge in [0, 0.05) is 23.0 Å². The Kier molecular flexibility index (Phi) is 6.25. The molecule has 1 aliphatic rings. The highest BCUT2D eigenvalue weighted by atomic mass is 35.5. The number of thiophene rings is 1. The third-order valence-corrected chi connectivity index (χ3v) is 8.14. The first-order valence-corrected chi connectivity index (χ1v) is 11.2. The van der Waals surface area contributed by atoms with E-state index in [1.165, 1.54) is 21.7 Å². The number of amides is 1. The second kappa shape index (κ2) is 8.27. The van der Waals surface area contributed by atoms with Gasteiger partial charge in [0.25, 0.3) is 15.9 Å². The first-order chi connectivity index (χ1) is 12.4. The van der Waals surface area contributed by atoms with Crippen molar-refractivity contribution in [2.45, 2.75) is 30.0 Å². The van der Waals surface area contributed by atoms with Crippen LogP contribution in [0.4, 0.5) is 0 Å². The summed E-state index contributed by atoms with van der Waals surface area (Å²) in [6, 6.07) is 7.99. The summed E-state index contributed by atoms with van der Waals surface area (Å²) in [6.07, 6.45) is 2.87. The summed E-state index contributed by atoms with van der Waals surface area (Å²) in [7, 11) is -3.44. The van der Waals surface area contributed by atoms with Crippen LogP contribution < -0.4 is 5.32 Å². The lowest BCUT2D eigenvalue weighted by Gasteiger charge is -2.25. The Bertz CT molecular complexity index is 906. The van der Waals surface area contributed by atoms with Crippen molar-refractivity contribution >= 4 is 50.5 Å². The molecule has 0 aliphatic carbocycles. The van der Waals surface area contributed by atoms with E-state index in [4.69, 9.17) is 23.2 Å². The van der Waals surface area contributed by atoms with E-state index in [-0.39, 0.29) is 17.5 Å². The highest BCUT2D eigenvalue weighted by Crippen LogP contribution is 2.27. The van der Waals surface area contributed by atoms with Crippen molar-refractivity contribution in [2.24, 2.45) is 0 Å². The first kappa shape index (κ1) is 19.6. The van der Waals surface area contributed by atoms with Gasteiger partial charge in [0.05, 0.1) is 17.1 Å². The standard InChI is InChI=1S/C17H18Cl2N2O3S2/c18-12-4-6-14(15(19)10-12)17(22)20-11-13-5-7-16(25-13)26(23,24)21-8-2-1-3-9-21/h4-7,10H,1-3,8-9,11H2,(H,20,22). The zero-order valence-electron chi connectivity index (χ0n) is 13.9. The highest BCUT2D eigenvalue weighted by molar-refractivity contribution is 7.91. The number of nitrogens with zero attached hydrogens (tertiary/aromatic N) is 1. The summed E-state index contributed by atoms with van der Waals surface area (Å²) >= 11 is 13.0. The zero-order chi connectivity index (χ0) is 18.7. The van der Waals surface area contributed by atoms with Gasteiger partial charge in [-0.3, -0.25) is 4.79 Å². The Morgan fingerprint density at radius 3 is 2.54 bits per heavy atom. The van der Waals surface area contributed by atoms with Gasteiger partial charge in [-0.2, -0.15) is 4.31 Å². The van der Waals surface area contributed by atoms with E-state index in [1.807, 2.05) is 0 Å². The molecule has 5 nitrogen and oxygen atoms in total. The minimum atomic E-state index is -3.44. The van der Waals surface area contributed by atoms with Crippen molar-refractivity contribution in [3.8, 4) is 0 Å². The van der Waals surface area contributed by atoms with Crippen LogP contribution >= 0.6 is 34.5 Å². The van der Waals surface area contributed by atoms with Gasteiger partial charge < -0.3 is 5.32 Å². The molecule has 26 heavy (non-hydrogen) atoms. The van der Waals surface area contributed by atoms with Crippen LogP contribution in [-0.2, 0) is 16.6 Å². The molecule has 3 rings (SSSR count). The number of piperidine rings is 1. The third-order valence-electron chi connectivity index (χ3n) is 4.15. The molecule has 2 aromatic rings. The number of sulfonamides is 1. The van der Waals surface area contributed by atoms with Crippen LogP contribution in [0.2, 0.25) is 10.0 Å². The molecule has 1 amide bonds. The summed E-state index contributed by atoms with van der Waals surface area (Å²) in [5.41, 5.74) is 0.328. The Balaban J connectivity index is 1.66. The number of nitrogens with one attached hydrogen (secondary N) is 1. The van der Waals surface area contributed by atoms with Gasteiger partial charge in [0.1, 0.15) is 4.21 Å². The predicted octanol–water partition coefficient (Wildman–Crippen LogP) is 4.16. The van der Waals surface area contributed by atoms with Crippen LogP contribution in [0.1, 0.15) is 34.5 Å². The normalized spacial score (nSPS) is 15.8. The molecule has 1 fully saturated rings. The molecule has 1 aromatic heterocycles. The Morgan fingerprint density at radius 1 is 1.12 bits per heavy atom. The fourth-order valence-electron chi connectivity index (χ4n) is 2.76. The number of rotatable bonds is 5. The number of hydrogen-bond donors (Lipinski definition) is 1. The number of halogens is 2. The maximum atomic E-state index is 12.7. The number of benzene rings is 1. The van der Waals surface area contributed by atoms with E-state index in [1.54, 1.807) is 24.3 Å². The highest BCUT2D eigenvalue weighted by Gasteiger charge is 2.27. The van der Waals surface area contributed by atoms with Gasteiger partial charge >= 0.3 is 0 Å². The average Bonchev–Trinajstić information content (AvgIpc) is 3.10. The second-order valence-electron chi connectivity index (χ2n) is 5.99. The number of carbonyl (C=O) groups is 1. The molecule has 9 heteroatoms. The number of hydrogen-bond acceptors (Lipinski definition) is 4. The topological polar surface area (TPSA) is 66.5 Å². The zero-order valence-corrected chi connectivity index (χ0v) is 17.0. The monoisotopic (exact) mass is 432 g/mol. The summed E-state index contributed by atoms with van der Waals surface area (Å²) in [4.78, 5) is 13.0. The Hall–Kier alpha value is -1.12. The molecule has 140 valence electrons. The van der Waals surface area contributed by atoms with Crippen molar-refractivity contribution in [1.29, 1.82) is 0 Å². The molecule has 2 heterocycles.